The SMILES string of the molecule is CC(C)OC(=S)SSC(C)OC(C)SSC(=S)OC(C)C. The van der Waals surface area contributed by atoms with Gasteiger partial charge in [0.2, 0.25) is 8.77 Å². The molecule has 2 atom stereocenters. The van der Waals surface area contributed by atoms with E-state index in [9.17, 15) is 0 Å². The van der Waals surface area contributed by atoms with Gasteiger partial charge in [0.15, 0.2) is 0 Å². The summed E-state index contributed by atoms with van der Waals surface area (Å²) in [7, 11) is 5.93. The van der Waals surface area contributed by atoms with Crippen LogP contribution in [0, 0.1) is 0 Å². The second-order valence-electron chi connectivity index (χ2n) is 4.46. The Morgan fingerprint density at radius 2 is 1.05 bits per heavy atom. The number of hydrogen-bond donors (Lipinski definition) is 0. The van der Waals surface area contributed by atoms with Crippen LogP contribution in [0.3, 0.4) is 0 Å². The Labute approximate surface area is 154 Å². The summed E-state index contributed by atoms with van der Waals surface area (Å²) in [5, 5.41) is 0. The van der Waals surface area contributed by atoms with Gasteiger partial charge >= 0.3 is 0 Å². The molecule has 124 valence electrons. The van der Waals surface area contributed by atoms with E-state index in [2.05, 4.69) is 0 Å². The third kappa shape index (κ3) is 14.5. The first-order chi connectivity index (χ1) is 9.70. The molecule has 0 aromatic carbocycles. The van der Waals surface area contributed by atoms with Crippen molar-refractivity contribution in [2.75, 3.05) is 0 Å². The van der Waals surface area contributed by atoms with Crippen LogP contribution < -0.4 is 0 Å². The van der Waals surface area contributed by atoms with E-state index in [1.807, 2.05) is 41.5 Å². The van der Waals surface area contributed by atoms with Crippen molar-refractivity contribution in [2.24, 2.45) is 0 Å². The Morgan fingerprint density at radius 1 is 0.714 bits per heavy atom. The second-order valence-corrected chi connectivity index (χ2v) is 10.7. The maximum atomic E-state index is 5.81. The smallest absolute Gasteiger partial charge is 0.231 e. The van der Waals surface area contributed by atoms with Gasteiger partial charge in [-0.05, 0) is 87.6 Å². The topological polar surface area (TPSA) is 27.7 Å². The molecule has 0 fully saturated rings. The van der Waals surface area contributed by atoms with Crippen molar-refractivity contribution in [3.63, 3.8) is 0 Å². The minimum atomic E-state index is 0.00593. The van der Waals surface area contributed by atoms with Gasteiger partial charge in [0.05, 0.1) is 12.2 Å². The molecule has 0 amide bonds. The molecular weight excluding hydrogens is 385 g/mol. The summed E-state index contributed by atoms with van der Waals surface area (Å²) in [6.45, 7) is 11.8. The molecule has 21 heavy (non-hydrogen) atoms. The molecule has 0 aromatic rings. The van der Waals surface area contributed by atoms with Crippen LogP contribution in [0.1, 0.15) is 41.5 Å². The van der Waals surface area contributed by atoms with Crippen LogP contribution in [0.2, 0.25) is 0 Å². The summed E-state index contributed by atoms with van der Waals surface area (Å²) in [5.41, 5.74) is 0.0119. The number of rotatable bonds is 8. The summed E-state index contributed by atoms with van der Waals surface area (Å²) >= 11 is 10.2. The largest absolute Gasteiger partial charge is 0.475 e. The molecule has 0 rings (SSSR count). The first-order valence-corrected chi connectivity index (χ1v) is 11.7. The lowest BCUT2D eigenvalue weighted by atomic mass is 10.5. The number of thiocarbonyl (C=S) groups is 2. The van der Waals surface area contributed by atoms with Crippen molar-refractivity contribution >= 4 is 76.4 Å². The van der Waals surface area contributed by atoms with E-state index in [4.69, 9.17) is 38.6 Å². The molecular formula is C12H22O3S6. The molecule has 0 aliphatic carbocycles. The Morgan fingerprint density at radius 3 is 1.33 bits per heavy atom. The van der Waals surface area contributed by atoms with Crippen LogP contribution in [0.15, 0.2) is 0 Å². The minimum absolute atomic E-state index is 0.00593. The van der Waals surface area contributed by atoms with Crippen molar-refractivity contribution in [2.45, 2.75) is 64.6 Å². The Balaban J connectivity index is 3.81. The predicted octanol–water partition coefficient (Wildman–Crippen LogP) is 5.88. The van der Waals surface area contributed by atoms with E-state index in [1.54, 1.807) is 21.6 Å². The Hall–Kier alpha value is 1.14. The lowest BCUT2D eigenvalue weighted by molar-refractivity contribution is 0.115. The van der Waals surface area contributed by atoms with Crippen LogP contribution in [0.25, 0.3) is 0 Å². The van der Waals surface area contributed by atoms with Crippen LogP contribution >= 0.6 is 67.6 Å². The molecule has 0 saturated heterocycles. The van der Waals surface area contributed by atoms with Crippen LogP contribution in [0.4, 0.5) is 0 Å². The maximum absolute atomic E-state index is 5.81. The maximum Gasteiger partial charge on any atom is 0.231 e. The number of ether oxygens (including phenoxy) is 3. The highest BCUT2D eigenvalue weighted by atomic mass is 33.1. The molecule has 3 nitrogen and oxygen atoms in total. The highest BCUT2D eigenvalue weighted by molar-refractivity contribution is 8.84. The fraction of sp³-hybridized carbons (Fsp3) is 0.833. The second kappa shape index (κ2) is 12.5. The quantitative estimate of drug-likeness (QED) is 0.278. The Kier molecular flexibility index (Phi) is 13.2. The van der Waals surface area contributed by atoms with Gasteiger partial charge in [0.1, 0.15) is 10.9 Å². The van der Waals surface area contributed by atoms with Gasteiger partial charge in [-0.25, -0.2) is 0 Å². The van der Waals surface area contributed by atoms with Gasteiger partial charge in [0.25, 0.3) is 0 Å². The van der Waals surface area contributed by atoms with Crippen LogP contribution in [-0.4, -0.2) is 31.8 Å². The molecule has 0 spiro atoms. The van der Waals surface area contributed by atoms with Crippen molar-refractivity contribution in [1.82, 2.24) is 0 Å². The third-order valence-electron chi connectivity index (χ3n) is 1.55. The third-order valence-corrected chi connectivity index (χ3v) is 7.41. The highest BCUT2D eigenvalue weighted by Crippen LogP contribution is 2.35. The van der Waals surface area contributed by atoms with E-state index < -0.39 is 0 Å². The van der Waals surface area contributed by atoms with E-state index in [-0.39, 0.29) is 23.1 Å². The summed E-state index contributed by atoms with van der Waals surface area (Å²) in [5.74, 6) is 0. The standard InChI is InChI=1S/C12H22O3S6/c1-7(2)13-11(16)20-18-9(5)15-10(6)19-21-12(17)14-8(3)4/h7-10H,1-6H3. The zero-order chi connectivity index (χ0) is 16.4. The van der Waals surface area contributed by atoms with Gasteiger partial charge in [-0.2, -0.15) is 0 Å². The van der Waals surface area contributed by atoms with E-state index in [1.165, 1.54) is 21.6 Å². The average molecular weight is 407 g/mol. The van der Waals surface area contributed by atoms with Gasteiger partial charge in [-0.1, -0.05) is 21.6 Å². The van der Waals surface area contributed by atoms with Gasteiger partial charge < -0.3 is 14.2 Å². The minimum Gasteiger partial charge on any atom is -0.475 e. The predicted molar refractivity (Wildman–Crippen MR) is 108 cm³/mol. The van der Waals surface area contributed by atoms with Gasteiger partial charge in [-0.3, -0.25) is 0 Å². The molecule has 9 heteroatoms. The summed E-state index contributed by atoms with van der Waals surface area (Å²) in [6.07, 6.45) is 0.212. The van der Waals surface area contributed by atoms with Crippen molar-refractivity contribution in [3.8, 4) is 0 Å². The zero-order valence-electron chi connectivity index (χ0n) is 13.0. The van der Waals surface area contributed by atoms with Crippen molar-refractivity contribution < 1.29 is 14.2 Å². The molecule has 0 N–H and O–H groups in total. The van der Waals surface area contributed by atoms with Gasteiger partial charge in [0, 0.05) is 0 Å². The summed E-state index contributed by atoms with van der Waals surface area (Å²) in [6, 6.07) is 0. The molecule has 2 unspecified atom stereocenters. The first-order valence-electron chi connectivity index (χ1n) is 6.44. The van der Waals surface area contributed by atoms with Crippen molar-refractivity contribution in [3.05, 3.63) is 0 Å². The molecule has 0 heterocycles. The summed E-state index contributed by atoms with van der Waals surface area (Å²) < 4.78 is 17.7. The van der Waals surface area contributed by atoms with E-state index >= 15 is 0 Å². The fourth-order valence-corrected chi connectivity index (χ4v) is 5.22. The lowest BCUT2D eigenvalue weighted by Crippen LogP contribution is -2.11. The zero-order valence-corrected chi connectivity index (χ0v) is 17.9. The fourth-order valence-electron chi connectivity index (χ4n) is 0.953. The average Bonchev–Trinajstić information content (AvgIpc) is 2.32. The highest BCUT2D eigenvalue weighted by Gasteiger charge is 2.14. The normalized spacial score (nSPS) is 14.1. The molecule has 0 radical (unpaired) electrons. The molecule has 0 aromatic heterocycles. The van der Waals surface area contributed by atoms with Crippen molar-refractivity contribution in [1.29, 1.82) is 0 Å². The van der Waals surface area contributed by atoms with Gasteiger partial charge in [-0.15, -0.1) is 0 Å². The molecule has 0 saturated carbocycles. The molecule has 0 aliphatic heterocycles. The summed E-state index contributed by atoms with van der Waals surface area (Å²) in [4.78, 5) is 0. The van der Waals surface area contributed by atoms with Crippen LogP contribution in [0.5, 0.6) is 0 Å². The van der Waals surface area contributed by atoms with Crippen LogP contribution in [-0.2, 0) is 14.2 Å². The monoisotopic (exact) mass is 406 g/mol. The van der Waals surface area contributed by atoms with E-state index in [0.29, 0.717) is 8.77 Å². The van der Waals surface area contributed by atoms with E-state index in [0.717, 1.165) is 0 Å². The molecule has 0 aliphatic rings. The first kappa shape index (κ1) is 22.1. The number of hydrogen-bond acceptors (Lipinski definition) is 9. The lowest BCUT2D eigenvalue weighted by Gasteiger charge is -2.18. The Bertz CT molecular complexity index is 294. The molecule has 0 bridgehead atoms.